The van der Waals surface area contributed by atoms with Crippen LogP contribution in [-0.4, -0.2) is 32.1 Å². The Morgan fingerprint density at radius 2 is 2.07 bits per heavy atom. The van der Waals surface area contributed by atoms with E-state index >= 15 is 0 Å². The summed E-state index contributed by atoms with van der Waals surface area (Å²) in [6, 6.07) is 10.0. The number of anilines is 2. The summed E-state index contributed by atoms with van der Waals surface area (Å²) in [5, 5.41) is 4.41. The molecule has 0 bridgehead atoms. The molecular weight excluding hydrogens is 448 g/mol. The lowest BCUT2D eigenvalue weighted by Crippen LogP contribution is -2.27. The van der Waals surface area contributed by atoms with Crippen LogP contribution in [0.1, 0.15) is 18.9 Å². The number of benzene rings is 2. The van der Waals surface area contributed by atoms with Crippen LogP contribution in [0.3, 0.4) is 0 Å². The zero-order valence-electron chi connectivity index (χ0n) is 15.3. The second-order valence-corrected chi connectivity index (χ2v) is 9.82. The minimum absolute atomic E-state index is 0.0881. The Morgan fingerprint density at radius 3 is 2.79 bits per heavy atom. The van der Waals surface area contributed by atoms with Crippen molar-refractivity contribution in [2.24, 2.45) is 0 Å². The molecule has 1 heterocycles. The Kier molecular flexibility index (Phi) is 5.76. The first kappa shape index (κ1) is 20.3. The quantitative estimate of drug-likeness (QED) is 0.703. The lowest BCUT2D eigenvalue weighted by molar-refractivity contribution is -0.118. The highest BCUT2D eigenvalue weighted by Gasteiger charge is 2.29. The molecule has 0 radical (unpaired) electrons. The highest BCUT2D eigenvalue weighted by Crippen LogP contribution is 2.34. The van der Waals surface area contributed by atoms with Crippen molar-refractivity contribution in [1.82, 2.24) is 0 Å². The lowest BCUT2D eigenvalue weighted by Gasteiger charge is -2.21. The number of fused-ring (bicyclic) bond motifs is 1. The summed E-state index contributed by atoms with van der Waals surface area (Å²) in [4.78, 5) is 23.8. The fourth-order valence-corrected chi connectivity index (χ4v) is 4.87. The largest absolute Gasteiger partial charge is 0.482 e. The molecule has 9 heteroatoms. The molecule has 0 aromatic heterocycles. The Hall–Kier alpha value is -2.39. The number of halogens is 1. The molecule has 0 saturated carbocycles. The number of aryl methyl sites for hydroxylation is 1. The van der Waals surface area contributed by atoms with Gasteiger partial charge in [-0.1, -0.05) is 22.0 Å². The molecule has 3 rings (SSSR count). The standard InChI is InChI=1S/C19H19BrN2O5S/c1-11-6-15-16(27-10-19(24)22-15)9-17(11)28(25,26)12(2)7-18(23)21-14-5-3-4-13(20)8-14/h3-6,8-9,12H,7,10H2,1-2H3,(H,21,23)(H,22,24). The van der Waals surface area contributed by atoms with Crippen LogP contribution in [0.15, 0.2) is 45.8 Å². The van der Waals surface area contributed by atoms with Gasteiger partial charge in [0.05, 0.1) is 15.8 Å². The molecule has 7 nitrogen and oxygen atoms in total. The van der Waals surface area contributed by atoms with E-state index in [0.29, 0.717) is 22.7 Å². The third-order valence-electron chi connectivity index (χ3n) is 4.33. The van der Waals surface area contributed by atoms with Gasteiger partial charge in [-0.2, -0.15) is 0 Å². The van der Waals surface area contributed by atoms with Gasteiger partial charge in [0.1, 0.15) is 5.75 Å². The van der Waals surface area contributed by atoms with Crippen molar-refractivity contribution < 1.29 is 22.7 Å². The van der Waals surface area contributed by atoms with Crippen molar-refractivity contribution in [3.63, 3.8) is 0 Å². The summed E-state index contributed by atoms with van der Waals surface area (Å²) in [6.45, 7) is 2.97. The predicted molar refractivity (Wildman–Crippen MR) is 109 cm³/mol. The van der Waals surface area contributed by atoms with Gasteiger partial charge < -0.3 is 15.4 Å². The van der Waals surface area contributed by atoms with Crippen molar-refractivity contribution >= 4 is 49.0 Å². The van der Waals surface area contributed by atoms with Crippen molar-refractivity contribution in [3.8, 4) is 5.75 Å². The van der Waals surface area contributed by atoms with Gasteiger partial charge in [0.25, 0.3) is 5.91 Å². The first-order valence-corrected chi connectivity index (χ1v) is 10.9. The number of amides is 2. The van der Waals surface area contributed by atoms with E-state index in [2.05, 4.69) is 26.6 Å². The topological polar surface area (TPSA) is 102 Å². The van der Waals surface area contributed by atoms with E-state index in [-0.39, 0.29) is 23.8 Å². The minimum Gasteiger partial charge on any atom is -0.482 e. The maximum absolute atomic E-state index is 13.0. The summed E-state index contributed by atoms with van der Waals surface area (Å²) in [5.74, 6) is -0.386. The van der Waals surface area contributed by atoms with E-state index in [0.717, 1.165) is 4.47 Å². The highest BCUT2D eigenvalue weighted by molar-refractivity contribution is 9.10. The van der Waals surface area contributed by atoms with E-state index in [1.165, 1.54) is 13.0 Å². The smallest absolute Gasteiger partial charge is 0.262 e. The van der Waals surface area contributed by atoms with Crippen molar-refractivity contribution in [2.75, 3.05) is 17.2 Å². The normalized spacial score (nSPS) is 14.5. The van der Waals surface area contributed by atoms with Gasteiger partial charge >= 0.3 is 0 Å². The van der Waals surface area contributed by atoms with E-state index in [1.54, 1.807) is 31.2 Å². The van der Waals surface area contributed by atoms with E-state index in [9.17, 15) is 18.0 Å². The van der Waals surface area contributed by atoms with E-state index in [1.807, 2.05) is 6.07 Å². The molecule has 1 atom stereocenters. The van der Waals surface area contributed by atoms with Gasteiger partial charge in [0.2, 0.25) is 5.91 Å². The number of hydrogen-bond donors (Lipinski definition) is 2. The molecule has 2 aromatic carbocycles. The Bertz CT molecular complexity index is 1050. The number of hydrogen-bond acceptors (Lipinski definition) is 5. The van der Waals surface area contributed by atoms with Gasteiger partial charge in [-0.15, -0.1) is 0 Å². The molecule has 1 unspecified atom stereocenters. The number of carbonyl (C=O) groups excluding carboxylic acids is 2. The van der Waals surface area contributed by atoms with Crippen LogP contribution in [0.5, 0.6) is 5.75 Å². The van der Waals surface area contributed by atoms with Gasteiger partial charge in [-0.25, -0.2) is 8.42 Å². The van der Waals surface area contributed by atoms with Crippen LogP contribution in [0.4, 0.5) is 11.4 Å². The van der Waals surface area contributed by atoms with E-state index in [4.69, 9.17) is 4.74 Å². The molecule has 0 saturated heterocycles. The molecular formula is C19H19BrN2O5S. The average molecular weight is 467 g/mol. The van der Waals surface area contributed by atoms with Crippen LogP contribution in [-0.2, 0) is 19.4 Å². The molecule has 0 fully saturated rings. The highest BCUT2D eigenvalue weighted by atomic mass is 79.9. The van der Waals surface area contributed by atoms with Crippen LogP contribution < -0.4 is 15.4 Å². The number of rotatable bonds is 5. The summed E-state index contributed by atoms with van der Waals surface area (Å²) in [5.41, 5.74) is 1.50. The van der Waals surface area contributed by atoms with Crippen molar-refractivity contribution in [1.29, 1.82) is 0 Å². The third kappa shape index (κ3) is 4.36. The maximum Gasteiger partial charge on any atom is 0.262 e. The maximum atomic E-state index is 13.0. The Morgan fingerprint density at radius 1 is 1.32 bits per heavy atom. The Balaban J connectivity index is 1.78. The summed E-state index contributed by atoms with van der Waals surface area (Å²) in [7, 11) is -3.77. The first-order valence-electron chi connectivity index (χ1n) is 8.53. The van der Waals surface area contributed by atoms with Crippen LogP contribution in [0, 0.1) is 6.92 Å². The lowest BCUT2D eigenvalue weighted by atomic mass is 10.2. The first-order chi connectivity index (χ1) is 13.2. The molecule has 2 N–H and O–H groups in total. The van der Waals surface area contributed by atoms with Crippen LogP contribution in [0.2, 0.25) is 0 Å². The van der Waals surface area contributed by atoms with E-state index < -0.39 is 21.0 Å². The summed E-state index contributed by atoms with van der Waals surface area (Å²) >= 11 is 3.32. The second-order valence-electron chi connectivity index (χ2n) is 6.57. The van der Waals surface area contributed by atoms with Gasteiger partial charge in [0, 0.05) is 22.6 Å². The predicted octanol–water partition coefficient (Wildman–Crippen LogP) is 3.28. The fraction of sp³-hybridized carbons (Fsp3) is 0.263. The minimum atomic E-state index is -3.77. The second kappa shape index (κ2) is 7.92. The zero-order valence-corrected chi connectivity index (χ0v) is 17.7. The van der Waals surface area contributed by atoms with Gasteiger partial charge in [0.15, 0.2) is 16.4 Å². The fourth-order valence-electron chi connectivity index (χ4n) is 2.89. The molecule has 1 aliphatic heterocycles. The third-order valence-corrected chi connectivity index (χ3v) is 7.10. The number of nitrogens with one attached hydrogen (secondary N) is 2. The number of carbonyl (C=O) groups is 2. The van der Waals surface area contributed by atoms with Crippen molar-refractivity contribution in [3.05, 3.63) is 46.4 Å². The van der Waals surface area contributed by atoms with Gasteiger partial charge in [-0.3, -0.25) is 9.59 Å². The average Bonchev–Trinajstić information content (AvgIpc) is 2.60. The molecule has 1 aliphatic rings. The summed E-state index contributed by atoms with van der Waals surface area (Å²) in [6.07, 6.45) is -0.192. The monoisotopic (exact) mass is 466 g/mol. The number of sulfone groups is 1. The summed E-state index contributed by atoms with van der Waals surface area (Å²) < 4.78 is 32.2. The molecule has 148 valence electrons. The molecule has 2 amide bonds. The van der Waals surface area contributed by atoms with Gasteiger partial charge in [-0.05, 0) is 43.7 Å². The van der Waals surface area contributed by atoms with Crippen LogP contribution >= 0.6 is 15.9 Å². The molecule has 28 heavy (non-hydrogen) atoms. The molecule has 0 aliphatic carbocycles. The number of ether oxygens (including phenoxy) is 1. The SMILES string of the molecule is Cc1cc2c(cc1S(=O)(=O)C(C)CC(=O)Nc1cccc(Br)c1)OCC(=O)N2. The molecule has 0 spiro atoms. The molecule has 2 aromatic rings. The van der Waals surface area contributed by atoms with Crippen LogP contribution in [0.25, 0.3) is 0 Å². The Labute approximate surface area is 171 Å². The zero-order chi connectivity index (χ0) is 20.5. The van der Waals surface area contributed by atoms with Crippen molar-refractivity contribution in [2.45, 2.75) is 30.4 Å².